The molecule has 0 spiro atoms. The maximum absolute atomic E-state index is 13.2. The summed E-state index contributed by atoms with van der Waals surface area (Å²) < 4.78 is 27.8. The van der Waals surface area contributed by atoms with Crippen LogP contribution in [-0.2, 0) is 16.4 Å². The minimum Gasteiger partial charge on any atom is -0.339 e. The van der Waals surface area contributed by atoms with Crippen LogP contribution in [0.2, 0.25) is 0 Å². The van der Waals surface area contributed by atoms with Gasteiger partial charge in [0.15, 0.2) is 0 Å². The van der Waals surface area contributed by atoms with Crippen molar-refractivity contribution in [2.75, 3.05) is 17.4 Å². The molecule has 2 aliphatic rings. The van der Waals surface area contributed by atoms with E-state index >= 15 is 0 Å². The van der Waals surface area contributed by atoms with Gasteiger partial charge in [-0.05, 0) is 68.0 Å². The third-order valence-electron chi connectivity index (χ3n) is 5.85. The van der Waals surface area contributed by atoms with E-state index in [2.05, 4.69) is 6.92 Å². The van der Waals surface area contributed by atoms with E-state index in [0.29, 0.717) is 23.6 Å². The number of benzene rings is 2. The molecule has 0 aliphatic carbocycles. The van der Waals surface area contributed by atoms with E-state index in [0.717, 1.165) is 31.5 Å². The zero-order valence-electron chi connectivity index (χ0n) is 16.3. The Morgan fingerprint density at radius 3 is 2.36 bits per heavy atom. The highest BCUT2D eigenvalue weighted by atomic mass is 32.2. The van der Waals surface area contributed by atoms with Crippen molar-refractivity contribution in [2.24, 2.45) is 5.92 Å². The number of rotatable bonds is 3. The minimum atomic E-state index is -3.62. The van der Waals surface area contributed by atoms with Gasteiger partial charge >= 0.3 is 0 Å². The third kappa shape index (κ3) is 3.30. The van der Waals surface area contributed by atoms with E-state index in [9.17, 15) is 13.2 Å². The van der Waals surface area contributed by atoms with Gasteiger partial charge in [-0.15, -0.1) is 0 Å². The molecule has 1 atom stereocenters. The molecule has 0 radical (unpaired) electrons. The quantitative estimate of drug-likeness (QED) is 0.792. The highest BCUT2D eigenvalue weighted by Crippen LogP contribution is 2.37. The number of carbonyl (C=O) groups is 1. The molecule has 0 bridgehead atoms. The average Bonchev–Trinajstić information content (AvgIpc) is 3.04. The summed E-state index contributed by atoms with van der Waals surface area (Å²) in [5.74, 6) is 0.716. The number of piperidine rings is 1. The fourth-order valence-corrected chi connectivity index (χ4v) is 5.92. The van der Waals surface area contributed by atoms with Gasteiger partial charge < -0.3 is 4.90 Å². The fourth-order valence-electron chi connectivity index (χ4n) is 4.20. The summed E-state index contributed by atoms with van der Waals surface area (Å²) >= 11 is 0. The van der Waals surface area contributed by atoms with Gasteiger partial charge in [-0.3, -0.25) is 9.10 Å². The van der Waals surface area contributed by atoms with Crippen molar-refractivity contribution in [3.63, 3.8) is 0 Å². The molecule has 2 aromatic rings. The van der Waals surface area contributed by atoms with Crippen LogP contribution in [0, 0.1) is 5.92 Å². The SMILES string of the molecule is CC1CCN(C(=O)c2ccc3c(c2)C[C@H](C)N3S(=O)(=O)c2ccccc2)CC1. The second-order valence-corrected chi connectivity index (χ2v) is 9.80. The van der Waals surface area contributed by atoms with Gasteiger partial charge in [0.1, 0.15) is 0 Å². The Morgan fingerprint density at radius 2 is 1.68 bits per heavy atom. The van der Waals surface area contributed by atoms with Crippen LogP contribution >= 0.6 is 0 Å². The van der Waals surface area contributed by atoms with E-state index in [1.165, 1.54) is 4.31 Å². The molecule has 2 aliphatic heterocycles. The topological polar surface area (TPSA) is 57.7 Å². The summed E-state index contributed by atoms with van der Waals surface area (Å²) in [5.41, 5.74) is 2.25. The van der Waals surface area contributed by atoms with Crippen LogP contribution in [0.3, 0.4) is 0 Å². The largest absolute Gasteiger partial charge is 0.339 e. The smallest absolute Gasteiger partial charge is 0.264 e. The molecular formula is C22H26N2O3S. The van der Waals surface area contributed by atoms with Crippen molar-refractivity contribution in [2.45, 2.75) is 44.0 Å². The number of likely N-dealkylation sites (tertiary alicyclic amines) is 1. The van der Waals surface area contributed by atoms with Crippen molar-refractivity contribution in [1.29, 1.82) is 0 Å². The van der Waals surface area contributed by atoms with Gasteiger partial charge in [0.2, 0.25) is 0 Å². The van der Waals surface area contributed by atoms with E-state index in [1.807, 2.05) is 17.9 Å². The fraction of sp³-hybridized carbons (Fsp3) is 0.409. The first-order chi connectivity index (χ1) is 13.4. The van der Waals surface area contributed by atoms with Gasteiger partial charge in [-0.25, -0.2) is 8.42 Å². The summed E-state index contributed by atoms with van der Waals surface area (Å²) in [7, 11) is -3.62. The van der Waals surface area contributed by atoms with Crippen LogP contribution in [0.4, 0.5) is 5.69 Å². The second-order valence-electron chi connectivity index (χ2n) is 7.99. The van der Waals surface area contributed by atoms with Crippen molar-refractivity contribution < 1.29 is 13.2 Å². The summed E-state index contributed by atoms with van der Waals surface area (Å²) in [6.07, 6.45) is 2.69. The number of nitrogens with zero attached hydrogens (tertiary/aromatic N) is 2. The third-order valence-corrected chi connectivity index (χ3v) is 7.79. The number of hydrogen-bond acceptors (Lipinski definition) is 3. The maximum atomic E-state index is 13.2. The molecule has 1 saturated heterocycles. The molecule has 148 valence electrons. The van der Waals surface area contributed by atoms with Gasteiger partial charge in [-0.2, -0.15) is 0 Å². The number of anilines is 1. The second kappa shape index (κ2) is 7.24. The first-order valence-corrected chi connectivity index (χ1v) is 11.3. The lowest BCUT2D eigenvalue weighted by atomic mass is 9.98. The van der Waals surface area contributed by atoms with Crippen LogP contribution in [0.1, 0.15) is 42.6 Å². The Kier molecular flexibility index (Phi) is 4.91. The normalized spacial score (nSPS) is 20.3. The first kappa shape index (κ1) is 19.0. The molecule has 2 heterocycles. The van der Waals surface area contributed by atoms with Crippen LogP contribution < -0.4 is 4.31 Å². The van der Waals surface area contributed by atoms with E-state index in [-0.39, 0.29) is 16.8 Å². The van der Waals surface area contributed by atoms with Crippen LogP contribution in [0.15, 0.2) is 53.4 Å². The first-order valence-electron chi connectivity index (χ1n) is 9.89. The Morgan fingerprint density at radius 1 is 1.00 bits per heavy atom. The van der Waals surface area contributed by atoms with Crippen LogP contribution in [0.5, 0.6) is 0 Å². The lowest BCUT2D eigenvalue weighted by Crippen LogP contribution is -2.38. The Bertz CT molecular complexity index is 980. The molecule has 0 saturated carbocycles. The molecule has 6 heteroatoms. The van der Waals surface area contributed by atoms with E-state index in [4.69, 9.17) is 0 Å². The molecular weight excluding hydrogens is 372 g/mol. The summed E-state index contributed by atoms with van der Waals surface area (Å²) in [6, 6.07) is 13.8. The standard InChI is InChI=1S/C22H26N2O3S/c1-16-10-12-23(13-11-16)22(25)18-8-9-21-19(15-18)14-17(2)24(21)28(26,27)20-6-4-3-5-7-20/h3-9,15-17H,10-14H2,1-2H3/t17-/m0/s1. The maximum Gasteiger partial charge on any atom is 0.264 e. The molecule has 28 heavy (non-hydrogen) atoms. The predicted octanol–water partition coefficient (Wildman–Crippen LogP) is 3.70. The molecule has 0 unspecified atom stereocenters. The minimum absolute atomic E-state index is 0.0479. The number of hydrogen-bond donors (Lipinski definition) is 0. The number of fused-ring (bicyclic) bond motifs is 1. The zero-order valence-corrected chi connectivity index (χ0v) is 17.2. The average molecular weight is 399 g/mol. The molecule has 1 fully saturated rings. The molecule has 5 nitrogen and oxygen atoms in total. The Hall–Kier alpha value is -2.34. The molecule has 0 aromatic heterocycles. The monoisotopic (exact) mass is 398 g/mol. The molecule has 2 aromatic carbocycles. The van der Waals surface area contributed by atoms with E-state index in [1.54, 1.807) is 42.5 Å². The molecule has 0 N–H and O–H groups in total. The lowest BCUT2D eigenvalue weighted by Gasteiger charge is -2.30. The lowest BCUT2D eigenvalue weighted by molar-refractivity contribution is 0.0697. The number of carbonyl (C=O) groups excluding carboxylic acids is 1. The van der Waals surface area contributed by atoms with Crippen molar-refractivity contribution in [1.82, 2.24) is 4.90 Å². The van der Waals surface area contributed by atoms with Crippen molar-refractivity contribution in [3.05, 3.63) is 59.7 Å². The summed E-state index contributed by atoms with van der Waals surface area (Å²) in [6.45, 7) is 5.72. The van der Waals surface area contributed by atoms with Crippen molar-refractivity contribution in [3.8, 4) is 0 Å². The highest BCUT2D eigenvalue weighted by Gasteiger charge is 2.36. The molecule has 1 amide bonds. The molecule has 4 rings (SSSR count). The number of sulfonamides is 1. The van der Waals surface area contributed by atoms with Crippen LogP contribution in [0.25, 0.3) is 0 Å². The Balaban J connectivity index is 1.63. The van der Waals surface area contributed by atoms with Gasteiger partial charge in [0.05, 0.1) is 10.6 Å². The van der Waals surface area contributed by atoms with Gasteiger partial charge in [0, 0.05) is 24.7 Å². The highest BCUT2D eigenvalue weighted by molar-refractivity contribution is 7.92. The van der Waals surface area contributed by atoms with Gasteiger partial charge in [0.25, 0.3) is 15.9 Å². The van der Waals surface area contributed by atoms with Crippen LogP contribution in [-0.4, -0.2) is 38.4 Å². The number of amides is 1. The predicted molar refractivity (Wildman–Crippen MR) is 110 cm³/mol. The Labute approximate surface area is 167 Å². The van der Waals surface area contributed by atoms with E-state index < -0.39 is 10.0 Å². The van der Waals surface area contributed by atoms with Gasteiger partial charge in [-0.1, -0.05) is 25.1 Å². The van der Waals surface area contributed by atoms with Crippen molar-refractivity contribution >= 4 is 21.6 Å². The summed E-state index contributed by atoms with van der Waals surface area (Å²) in [4.78, 5) is 15.1. The zero-order chi connectivity index (χ0) is 19.9. The summed E-state index contributed by atoms with van der Waals surface area (Å²) in [5, 5.41) is 0.